The predicted molar refractivity (Wildman–Crippen MR) is 168 cm³/mol. The average molecular weight is 551 g/mol. The number of hydrogen-bond acceptors (Lipinski definition) is 6. The van der Waals surface area contributed by atoms with E-state index in [0.717, 1.165) is 71.3 Å². The minimum absolute atomic E-state index is 0.0402. The Bertz CT molecular complexity index is 1670. The van der Waals surface area contributed by atoms with Crippen molar-refractivity contribution in [2.75, 3.05) is 29.9 Å². The molecule has 6 nitrogen and oxygen atoms in total. The highest BCUT2D eigenvalue weighted by Crippen LogP contribution is 2.37. The molecule has 7 heteroatoms. The second-order valence-corrected chi connectivity index (χ2v) is 12.5. The third-order valence-electron chi connectivity index (χ3n) is 8.91. The molecule has 212 valence electrons. The topological polar surface area (TPSA) is 74.9 Å². The fourth-order valence-electron chi connectivity index (χ4n) is 6.26. The van der Waals surface area contributed by atoms with Crippen LogP contribution in [-0.2, 0) is 11.1 Å². The number of aryl methyl sites for hydroxylation is 1. The summed E-state index contributed by atoms with van der Waals surface area (Å²) in [7, 11) is -0.900. The number of benzene rings is 3. The van der Waals surface area contributed by atoms with Crippen LogP contribution >= 0.6 is 0 Å². The smallest absolute Gasteiger partial charge is 0.440 e. The molecule has 4 aromatic rings. The SMILES string of the molecule is Cc1cc(C(C)Nc2ccccc2-c2ccc3c(c2)B(O)OCC3)c2oc(N3CCC(C)(C)CC3)c(C)c(=O)c2c1. The van der Waals surface area contributed by atoms with E-state index in [0.29, 0.717) is 34.4 Å². The highest BCUT2D eigenvalue weighted by atomic mass is 16.5. The van der Waals surface area contributed by atoms with Crippen molar-refractivity contribution in [3.05, 3.63) is 87.1 Å². The van der Waals surface area contributed by atoms with E-state index in [4.69, 9.17) is 9.07 Å². The van der Waals surface area contributed by atoms with E-state index in [1.165, 1.54) is 0 Å². The Kier molecular flexibility index (Phi) is 7.20. The van der Waals surface area contributed by atoms with Crippen molar-refractivity contribution in [3.63, 3.8) is 0 Å². The minimum atomic E-state index is -0.900. The molecule has 1 aromatic heterocycles. The van der Waals surface area contributed by atoms with Crippen molar-refractivity contribution in [1.82, 2.24) is 0 Å². The Hall–Kier alpha value is -3.55. The molecule has 2 aliphatic rings. The van der Waals surface area contributed by atoms with E-state index in [-0.39, 0.29) is 11.5 Å². The zero-order chi connectivity index (χ0) is 28.9. The molecule has 1 atom stereocenters. The van der Waals surface area contributed by atoms with Gasteiger partial charge in [-0.15, -0.1) is 0 Å². The van der Waals surface area contributed by atoms with Crippen molar-refractivity contribution in [2.24, 2.45) is 5.41 Å². The van der Waals surface area contributed by atoms with Crippen molar-refractivity contribution < 1.29 is 14.1 Å². The fraction of sp³-hybridized carbons (Fsp3) is 0.382. The first-order valence-electron chi connectivity index (χ1n) is 14.7. The van der Waals surface area contributed by atoms with E-state index < -0.39 is 7.12 Å². The lowest BCUT2D eigenvalue weighted by Crippen LogP contribution is -2.41. The molecule has 3 aromatic carbocycles. The third-order valence-corrected chi connectivity index (χ3v) is 8.91. The van der Waals surface area contributed by atoms with Crippen LogP contribution in [0.1, 0.15) is 61.9 Å². The fourth-order valence-corrected chi connectivity index (χ4v) is 6.26. The first-order chi connectivity index (χ1) is 19.6. The molecule has 0 radical (unpaired) electrons. The van der Waals surface area contributed by atoms with E-state index in [2.05, 4.69) is 61.3 Å². The Morgan fingerprint density at radius 3 is 2.59 bits per heavy atom. The molecule has 0 saturated carbocycles. The van der Waals surface area contributed by atoms with Gasteiger partial charge in [-0.05, 0) is 79.7 Å². The Morgan fingerprint density at radius 1 is 1.05 bits per heavy atom. The monoisotopic (exact) mass is 550 g/mol. The maximum Gasteiger partial charge on any atom is 0.491 e. The lowest BCUT2D eigenvalue weighted by molar-refractivity contribution is 0.266. The Labute approximate surface area is 242 Å². The Balaban J connectivity index is 1.38. The van der Waals surface area contributed by atoms with Crippen molar-refractivity contribution >= 4 is 35.1 Å². The summed E-state index contributed by atoms with van der Waals surface area (Å²) in [6.07, 6.45) is 2.93. The Morgan fingerprint density at radius 2 is 1.80 bits per heavy atom. The molecule has 0 spiro atoms. The van der Waals surface area contributed by atoms with Gasteiger partial charge in [0, 0.05) is 36.5 Å². The van der Waals surface area contributed by atoms with Gasteiger partial charge in [0.25, 0.3) is 0 Å². The van der Waals surface area contributed by atoms with Gasteiger partial charge in [0.2, 0.25) is 5.88 Å². The molecule has 2 N–H and O–H groups in total. The maximum absolute atomic E-state index is 13.6. The second-order valence-electron chi connectivity index (χ2n) is 12.5. The van der Waals surface area contributed by atoms with Crippen molar-refractivity contribution in [1.29, 1.82) is 0 Å². The van der Waals surface area contributed by atoms with Gasteiger partial charge in [0.1, 0.15) is 5.58 Å². The van der Waals surface area contributed by atoms with Crippen LogP contribution in [0.25, 0.3) is 22.1 Å². The highest BCUT2D eigenvalue weighted by Gasteiger charge is 2.29. The molecule has 0 amide bonds. The van der Waals surface area contributed by atoms with Gasteiger partial charge in [-0.1, -0.05) is 56.3 Å². The van der Waals surface area contributed by atoms with Crippen LogP contribution in [0.5, 0.6) is 0 Å². The van der Waals surface area contributed by atoms with E-state index in [1.807, 2.05) is 38.1 Å². The molecule has 41 heavy (non-hydrogen) atoms. The number of piperidine rings is 1. The highest BCUT2D eigenvalue weighted by molar-refractivity contribution is 6.61. The lowest BCUT2D eigenvalue weighted by atomic mass is 9.72. The average Bonchev–Trinajstić information content (AvgIpc) is 2.95. The summed E-state index contributed by atoms with van der Waals surface area (Å²) in [4.78, 5) is 15.9. The summed E-state index contributed by atoms with van der Waals surface area (Å²) in [6.45, 7) is 12.9. The number of fused-ring (bicyclic) bond motifs is 2. The van der Waals surface area contributed by atoms with Gasteiger partial charge in [0.15, 0.2) is 5.43 Å². The molecule has 1 saturated heterocycles. The van der Waals surface area contributed by atoms with Crippen LogP contribution in [0, 0.1) is 19.3 Å². The predicted octanol–water partition coefficient (Wildman–Crippen LogP) is 6.14. The van der Waals surface area contributed by atoms with Gasteiger partial charge in [-0.25, -0.2) is 0 Å². The van der Waals surface area contributed by atoms with Crippen LogP contribution in [-0.4, -0.2) is 31.8 Å². The normalized spacial score (nSPS) is 17.4. The van der Waals surface area contributed by atoms with Crippen LogP contribution in [0.3, 0.4) is 0 Å². The molecule has 1 unspecified atom stereocenters. The first kappa shape index (κ1) is 27.6. The molecule has 2 aliphatic heterocycles. The molecular formula is C34H39BN2O4. The molecule has 0 bridgehead atoms. The summed E-state index contributed by atoms with van der Waals surface area (Å²) < 4.78 is 12.1. The third kappa shape index (κ3) is 5.29. The quantitative estimate of drug-likeness (QED) is 0.291. The summed E-state index contributed by atoms with van der Waals surface area (Å²) >= 11 is 0. The van der Waals surface area contributed by atoms with E-state index in [1.54, 1.807) is 0 Å². The summed E-state index contributed by atoms with van der Waals surface area (Å²) in [6, 6.07) is 18.3. The first-order valence-corrected chi connectivity index (χ1v) is 14.7. The zero-order valence-electron chi connectivity index (χ0n) is 24.7. The number of hydrogen-bond donors (Lipinski definition) is 2. The standard InChI is InChI=1S/C34H39BN2O4/c1-21-18-27(32-28(19-21)31(38)22(2)33(41-32)37-15-13-34(4,5)14-16-37)23(3)36-30-9-7-6-8-26(30)25-11-10-24-12-17-40-35(39)29(24)20-25/h6-11,18-20,23,36,39H,12-17H2,1-5H3. The zero-order valence-corrected chi connectivity index (χ0v) is 24.7. The second kappa shape index (κ2) is 10.7. The van der Waals surface area contributed by atoms with Gasteiger partial charge in [-0.3, -0.25) is 4.79 Å². The summed E-state index contributed by atoms with van der Waals surface area (Å²) in [5.41, 5.74) is 8.61. The van der Waals surface area contributed by atoms with Gasteiger partial charge in [-0.2, -0.15) is 0 Å². The van der Waals surface area contributed by atoms with Crippen molar-refractivity contribution in [3.8, 4) is 11.1 Å². The van der Waals surface area contributed by atoms with E-state index in [9.17, 15) is 9.82 Å². The van der Waals surface area contributed by atoms with E-state index >= 15 is 0 Å². The van der Waals surface area contributed by atoms with Crippen LogP contribution in [0.15, 0.2) is 63.8 Å². The number of anilines is 2. The number of rotatable bonds is 5. The minimum Gasteiger partial charge on any atom is -0.440 e. The lowest BCUT2D eigenvalue weighted by Gasteiger charge is -2.37. The van der Waals surface area contributed by atoms with Gasteiger partial charge < -0.3 is 24.3 Å². The van der Waals surface area contributed by atoms with Crippen LogP contribution < -0.4 is 21.1 Å². The molecular weight excluding hydrogens is 511 g/mol. The van der Waals surface area contributed by atoms with Gasteiger partial charge in [0.05, 0.1) is 17.0 Å². The molecule has 0 aliphatic carbocycles. The van der Waals surface area contributed by atoms with Crippen molar-refractivity contribution in [2.45, 2.75) is 59.9 Å². The van der Waals surface area contributed by atoms with Gasteiger partial charge >= 0.3 is 7.12 Å². The summed E-state index contributed by atoms with van der Waals surface area (Å²) in [5, 5.41) is 14.8. The number of para-hydroxylation sites is 1. The molecule has 6 rings (SSSR count). The molecule has 3 heterocycles. The number of nitrogens with one attached hydrogen (secondary N) is 1. The van der Waals surface area contributed by atoms with Crippen LogP contribution in [0.2, 0.25) is 0 Å². The largest absolute Gasteiger partial charge is 0.491 e. The number of nitrogens with zero attached hydrogens (tertiary/aromatic N) is 1. The molecule has 1 fully saturated rings. The van der Waals surface area contributed by atoms with Crippen LogP contribution in [0.4, 0.5) is 11.6 Å². The summed E-state index contributed by atoms with van der Waals surface area (Å²) in [5.74, 6) is 0.700. The maximum atomic E-state index is 13.6.